The summed E-state index contributed by atoms with van der Waals surface area (Å²) in [4.78, 5) is 13.8. The number of aliphatic imine (C=N–C) groups is 2. The van der Waals surface area contributed by atoms with Gasteiger partial charge < -0.3 is 5.32 Å². The molecule has 5 heteroatoms. The first-order valence-corrected chi connectivity index (χ1v) is 6.90. The molecule has 20 heavy (non-hydrogen) atoms. The van der Waals surface area contributed by atoms with E-state index in [2.05, 4.69) is 20.3 Å². The van der Waals surface area contributed by atoms with Crippen LogP contribution in [0.25, 0.3) is 5.32 Å². The van der Waals surface area contributed by atoms with Crippen molar-refractivity contribution in [2.45, 2.75) is 26.7 Å². The molecule has 0 saturated carbocycles. The fraction of sp³-hybridized carbons (Fsp3) is 0.533. The molecule has 4 nitrogen and oxygen atoms in total. The van der Waals surface area contributed by atoms with Gasteiger partial charge in [-0.25, -0.2) is 4.98 Å². The third kappa shape index (κ3) is 5.15. The Balaban J connectivity index is 0.00000200. The Morgan fingerprint density at radius 3 is 1.90 bits per heavy atom. The maximum atomic E-state index is 4.64. The average Bonchev–Trinajstić information content (AvgIpc) is 2.44. The van der Waals surface area contributed by atoms with Crippen LogP contribution in [0.5, 0.6) is 0 Å². The first-order valence-electron chi connectivity index (χ1n) is 6.90. The molecule has 0 aliphatic carbocycles. The van der Waals surface area contributed by atoms with Crippen molar-refractivity contribution in [3.63, 3.8) is 0 Å². The van der Waals surface area contributed by atoms with E-state index in [0.29, 0.717) is 0 Å². The predicted molar refractivity (Wildman–Crippen MR) is 80.7 cm³/mol. The molecule has 1 radical (unpaired) electrons. The van der Waals surface area contributed by atoms with Crippen molar-refractivity contribution in [2.24, 2.45) is 9.98 Å². The van der Waals surface area contributed by atoms with Crippen LogP contribution < -0.4 is 0 Å². The molecule has 1 aliphatic rings. The van der Waals surface area contributed by atoms with Crippen molar-refractivity contribution in [3.05, 3.63) is 34.9 Å². The number of hydrogen-bond donors (Lipinski definition) is 0. The van der Waals surface area contributed by atoms with Gasteiger partial charge in [0.15, 0.2) is 0 Å². The van der Waals surface area contributed by atoms with Crippen LogP contribution in [-0.4, -0.2) is 42.6 Å². The Morgan fingerprint density at radius 1 is 0.900 bits per heavy atom. The van der Waals surface area contributed by atoms with E-state index in [9.17, 15) is 0 Å². The van der Waals surface area contributed by atoms with Crippen LogP contribution in [0.15, 0.2) is 28.2 Å². The minimum atomic E-state index is 0. The fourth-order valence-electron chi connectivity index (χ4n) is 1.97. The molecule has 0 unspecified atom stereocenters. The molecular formula is C15H21CoN4-. The Bertz CT molecular complexity index is 443. The van der Waals surface area contributed by atoms with Crippen molar-refractivity contribution in [2.75, 3.05) is 26.2 Å². The van der Waals surface area contributed by atoms with E-state index in [1.165, 1.54) is 0 Å². The molecule has 1 aromatic rings. The smallest absolute Gasteiger partial charge is 0.0845 e. The average molecular weight is 316 g/mol. The molecular weight excluding hydrogens is 295 g/mol. The second-order valence-electron chi connectivity index (χ2n) is 4.72. The first kappa shape index (κ1) is 17.0. The minimum absolute atomic E-state index is 0. The Morgan fingerprint density at radius 2 is 1.40 bits per heavy atom. The summed E-state index contributed by atoms with van der Waals surface area (Å²) in [6.45, 7) is 7.48. The maximum Gasteiger partial charge on any atom is 0.0845 e. The molecule has 2 heterocycles. The van der Waals surface area contributed by atoms with E-state index in [1.54, 1.807) is 0 Å². The van der Waals surface area contributed by atoms with Crippen molar-refractivity contribution in [1.29, 1.82) is 0 Å². The summed E-state index contributed by atoms with van der Waals surface area (Å²) in [5, 5.41) is 4.48. The molecule has 2 rings (SSSR count). The molecule has 1 aromatic heterocycles. The number of nitrogens with zero attached hydrogens (tertiary/aromatic N) is 4. The van der Waals surface area contributed by atoms with E-state index < -0.39 is 0 Å². The summed E-state index contributed by atoms with van der Waals surface area (Å²) in [7, 11) is 0. The standard InChI is InChI=1S/C15H21N4.Co/c1-12-14-6-3-7-15(19-14)13(2)18-11-5-9-16-8-4-10-17-12;/h3,6-7H,4-5,8-11H2,1-2H3;/q-1;. The summed E-state index contributed by atoms with van der Waals surface area (Å²) in [6, 6.07) is 6.04. The van der Waals surface area contributed by atoms with Crippen LogP contribution in [0, 0.1) is 0 Å². The number of fused-ring (bicyclic) bond motifs is 2. The molecule has 0 fully saturated rings. The first-order chi connectivity index (χ1) is 9.27. The van der Waals surface area contributed by atoms with Gasteiger partial charge in [-0.2, -0.15) is 0 Å². The van der Waals surface area contributed by atoms with Gasteiger partial charge in [-0.3, -0.25) is 9.98 Å². The fourth-order valence-corrected chi connectivity index (χ4v) is 1.97. The Labute approximate surface area is 131 Å². The van der Waals surface area contributed by atoms with Crippen LogP contribution in [0.4, 0.5) is 0 Å². The van der Waals surface area contributed by atoms with Gasteiger partial charge in [0, 0.05) is 29.9 Å². The third-order valence-corrected chi connectivity index (χ3v) is 3.14. The molecule has 111 valence electrons. The van der Waals surface area contributed by atoms with E-state index in [1.807, 2.05) is 32.0 Å². The normalized spacial score (nSPS) is 17.3. The molecule has 0 N–H and O–H groups in total. The van der Waals surface area contributed by atoms with E-state index >= 15 is 0 Å². The molecule has 0 spiro atoms. The minimum Gasteiger partial charge on any atom is -0.662 e. The third-order valence-electron chi connectivity index (χ3n) is 3.14. The second-order valence-corrected chi connectivity index (χ2v) is 4.72. The van der Waals surface area contributed by atoms with Crippen molar-refractivity contribution in [1.82, 2.24) is 4.98 Å². The van der Waals surface area contributed by atoms with Crippen LogP contribution in [-0.2, 0) is 16.8 Å². The van der Waals surface area contributed by atoms with Gasteiger partial charge in [-0.05, 0) is 26.0 Å². The number of aromatic nitrogens is 1. The largest absolute Gasteiger partial charge is 0.662 e. The van der Waals surface area contributed by atoms with Gasteiger partial charge in [-0.15, -0.1) is 13.1 Å². The van der Waals surface area contributed by atoms with Gasteiger partial charge in [0.2, 0.25) is 0 Å². The van der Waals surface area contributed by atoms with Crippen LogP contribution in [0.3, 0.4) is 0 Å². The summed E-state index contributed by atoms with van der Waals surface area (Å²) < 4.78 is 0. The van der Waals surface area contributed by atoms with Gasteiger partial charge in [0.1, 0.15) is 0 Å². The predicted octanol–water partition coefficient (Wildman–Crippen LogP) is 2.86. The molecule has 0 saturated heterocycles. The monoisotopic (exact) mass is 316 g/mol. The molecule has 1 aliphatic heterocycles. The Kier molecular flexibility index (Phi) is 7.65. The van der Waals surface area contributed by atoms with Crippen LogP contribution in [0.1, 0.15) is 38.1 Å². The molecule has 2 bridgehead atoms. The summed E-state index contributed by atoms with van der Waals surface area (Å²) in [5.41, 5.74) is 3.88. The van der Waals surface area contributed by atoms with Gasteiger partial charge in [-0.1, -0.05) is 18.9 Å². The quantitative estimate of drug-likeness (QED) is 0.726. The molecule has 0 amide bonds. The van der Waals surface area contributed by atoms with Crippen molar-refractivity contribution in [3.8, 4) is 0 Å². The summed E-state index contributed by atoms with van der Waals surface area (Å²) in [6.07, 6.45) is 2.03. The van der Waals surface area contributed by atoms with Crippen molar-refractivity contribution < 1.29 is 16.8 Å². The summed E-state index contributed by atoms with van der Waals surface area (Å²) in [5.74, 6) is 0. The zero-order valence-electron chi connectivity index (χ0n) is 12.1. The van der Waals surface area contributed by atoms with Gasteiger partial charge in [0.05, 0.1) is 22.8 Å². The van der Waals surface area contributed by atoms with E-state index in [4.69, 9.17) is 0 Å². The van der Waals surface area contributed by atoms with Crippen molar-refractivity contribution >= 4 is 11.4 Å². The summed E-state index contributed by atoms with van der Waals surface area (Å²) >= 11 is 0. The van der Waals surface area contributed by atoms with E-state index in [-0.39, 0.29) is 16.8 Å². The van der Waals surface area contributed by atoms with Crippen LogP contribution in [0.2, 0.25) is 0 Å². The zero-order chi connectivity index (χ0) is 13.5. The molecule has 0 atom stereocenters. The van der Waals surface area contributed by atoms with E-state index in [0.717, 1.165) is 61.8 Å². The van der Waals surface area contributed by atoms with Gasteiger partial charge in [0.25, 0.3) is 0 Å². The maximum absolute atomic E-state index is 4.64. The zero-order valence-corrected chi connectivity index (χ0v) is 13.1. The number of pyridine rings is 1. The SMILES string of the molecule is CC1=NCCC[N-]CCCN=C(C)c2cccc1n2.[Co]. The second kappa shape index (κ2) is 9.00. The number of rotatable bonds is 0. The topological polar surface area (TPSA) is 51.7 Å². The van der Waals surface area contributed by atoms with Gasteiger partial charge >= 0.3 is 0 Å². The Hall–Kier alpha value is -1.04. The number of hydrogen-bond acceptors (Lipinski definition) is 3. The van der Waals surface area contributed by atoms with Crippen LogP contribution >= 0.6 is 0 Å². The molecule has 0 aromatic carbocycles.